The van der Waals surface area contributed by atoms with E-state index in [1.54, 1.807) is 6.08 Å². The molecule has 0 unspecified atom stereocenters. The van der Waals surface area contributed by atoms with E-state index in [2.05, 4.69) is 52.8 Å². The van der Waals surface area contributed by atoms with Crippen molar-refractivity contribution in [1.29, 1.82) is 5.26 Å². The fourth-order valence-electron chi connectivity index (χ4n) is 6.68. The van der Waals surface area contributed by atoms with Crippen molar-refractivity contribution in [2.24, 2.45) is 0 Å². The molecule has 6 rings (SSSR count). The third kappa shape index (κ3) is 4.24. The molecule has 188 valence electrons. The van der Waals surface area contributed by atoms with Gasteiger partial charge in [-0.25, -0.2) is 0 Å². The van der Waals surface area contributed by atoms with Crippen LogP contribution in [0.1, 0.15) is 77.8 Å². The number of pyridine rings is 1. The van der Waals surface area contributed by atoms with Crippen molar-refractivity contribution < 1.29 is 4.79 Å². The lowest BCUT2D eigenvalue weighted by atomic mass is 9.76. The van der Waals surface area contributed by atoms with Crippen LogP contribution >= 0.6 is 0 Å². The highest BCUT2D eigenvalue weighted by atomic mass is 16.2. The van der Waals surface area contributed by atoms with Gasteiger partial charge in [0, 0.05) is 37.8 Å². The van der Waals surface area contributed by atoms with Gasteiger partial charge in [0.25, 0.3) is 5.91 Å². The van der Waals surface area contributed by atoms with Crippen LogP contribution in [0.4, 0.5) is 0 Å². The quantitative estimate of drug-likeness (QED) is 0.426. The van der Waals surface area contributed by atoms with Crippen LogP contribution in [0.3, 0.4) is 0 Å². The predicted molar refractivity (Wildman–Crippen MR) is 147 cm³/mol. The fourth-order valence-corrected chi connectivity index (χ4v) is 6.68. The van der Waals surface area contributed by atoms with Gasteiger partial charge in [-0.2, -0.15) is 5.26 Å². The van der Waals surface area contributed by atoms with Crippen LogP contribution in [0, 0.1) is 11.3 Å². The van der Waals surface area contributed by atoms with Crippen molar-refractivity contribution in [3.8, 4) is 6.07 Å². The SMILES string of the molecule is C=Cc1cccc(C2(C#N)CCN(Cc3cc4c(c5ccccc35)CN(C3CCCCC3)C4=O)CC2)n1. The van der Waals surface area contributed by atoms with E-state index < -0.39 is 5.41 Å². The van der Waals surface area contributed by atoms with Crippen molar-refractivity contribution in [2.75, 3.05) is 13.1 Å². The normalized spacial score (nSPS) is 20.1. The molecule has 0 radical (unpaired) electrons. The van der Waals surface area contributed by atoms with Crippen LogP contribution in [-0.4, -0.2) is 39.8 Å². The van der Waals surface area contributed by atoms with Crippen LogP contribution in [0.2, 0.25) is 0 Å². The predicted octanol–water partition coefficient (Wildman–Crippen LogP) is 6.22. The number of rotatable bonds is 5. The van der Waals surface area contributed by atoms with Gasteiger partial charge in [0.2, 0.25) is 0 Å². The van der Waals surface area contributed by atoms with Crippen LogP contribution in [0.5, 0.6) is 0 Å². The minimum Gasteiger partial charge on any atom is -0.331 e. The van der Waals surface area contributed by atoms with E-state index in [9.17, 15) is 10.1 Å². The molecule has 5 nitrogen and oxygen atoms in total. The van der Waals surface area contributed by atoms with Gasteiger partial charge in [0.15, 0.2) is 0 Å². The number of hydrogen-bond donors (Lipinski definition) is 0. The molecule has 3 aliphatic rings. The van der Waals surface area contributed by atoms with Crippen LogP contribution in [0.25, 0.3) is 16.8 Å². The van der Waals surface area contributed by atoms with Gasteiger partial charge in [-0.1, -0.05) is 56.2 Å². The third-order valence-corrected chi connectivity index (χ3v) is 8.86. The molecule has 1 saturated heterocycles. The smallest absolute Gasteiger partial charge is 0.254 e. The molecule has 2 fully saturated rings. The average Bonchev–Trinajstić information content (AvgIpc) is 3.30. The molecule has 1 aromatic heterocycles. The van der Waals surface area contributed by atoms with Gasteiger partial charge in [0.1, 0.15) is 5.41 Å². The first-order chi connectivity index (χ1) is 18.1. The molecule has 3 heterocycles. The summed E-state index contributed by atoms with van der Waals surface area (Å²) in [5.41, 5.74) is 4.41. The third-order valence-electron chi connectivity index (χ3n) is 8.86. The first kappa shape index (κ1) is 23.9. The van der Waals surface area contributed by atoms with E-state index in [0.29, 0.717) is 6.04 Å². The number of amides is 1. The Balaban J connectivity index is 1.25. The summed E-state index contributed by atoms with van der Waals surface area (Å²) in [7, 11) is 0. The molecule has 2 aromatic carbocycles. The maximum atomic E-state index is 13.6. The zero-order valence-electron chi connectivity index (χ0n) is 21.5. The fraction of sp³-hybridized carbons (Fsp3) is 0.406. The Morgan fingerprint density at radius 3 is 2.54 bits per heavy atom. The monoisotopic (exact) mass is 490 g/mol. The molecular weight excluding hydrogens is 456 g/mol. The number of nitrogens with zero attached hydrogens (tertiary/aromatic N) is 4. The Labute approximate surface area is 219 Å². The van der Waals surface area contributed by atoms with Crippen LogP contribution in [-0.2, 0) is 18.5 Å². The topological polar surface area (TPSA) is 60.2 Å². The van der Waals surface area contributed by atoms with Gasteiger partial charge in [-0.3, -0.25) is 14.7 Å². The van der Waals surface area contributed by atoms with Crippen molar-refractivity contribution in [1.82, 2.24) is 14.8 Å². The first-order valence-electron chi connectivity index (χ1n) is 13.7. The van der Waals surface area contributed by atoms with E-state index in [1.165, 1.54) is 41.2 Å². The number of benzene rings is 2. The second-order valence-electron chi connectivity index (χ2n) is 11.0. The average molecular weight is 491 g/mol. The lowest BCUT2D eigenvalue weighted by Gasteiger charge is -2.37. The minimum atomic E-state index is -0.564. The summed E-state index contributed by atoms with van der Waals surface area (Å²) in [6.07, 6.45) is 9.22. The number of likely N-dealkylation sites (tertiary alicyclic amines) is 1. The Kier molecular flexibility index (Phi) is 6.30. The molecule has 0 atom stereocenters. The highest BCUT2D eigenvalue weighted by molar-refractivity contribution is 6.05. The van der Waals surface area contributed by atoms with Gasteiger partial charge >= 0.3 is 0 Å². The molecule has 0 bridgehead atoms. The first-order valence-corrected chi connectivity index (χ1v) is 13.7. The molecule has 1 aliphatic carbocycles. The molecule has 1 amide bonds. The zero-order valence-corrected chi connectivity index (χ0v) is 21.5. The second-order valence-corrected chi connectivity index (χ2v) is 11.0. The van der Waals surface area contributed by atoms with Crippen molar-refractivity contribution in [3.63, 3.8) is 0 Å². The van der Waals surface area contributed by atoms with Crippen LogP contribution in [0.15, 0.2) is 55.1 Å². The van der Waals surface area contributed by atoms with Gasteiger partial charge in [-0.15, -0.1) is 0 Å². The summed E-state index contributed by atoms with van der Waals surface area (Å²) in [6, 6.07) is 19.6. The van der Waals surface area contributed by atoms with E-state index in [-0.39, 0.29) is 5.91 Å². The van der Waals surface area contributed by atoms with E-state index in [0.717, 1.165) is 68.8 Å². The Hall–Kier alpha value is -3.49. The lowest BCUT2D eigenvalue weighted by Crippen LogP contribution is -2.42. The van der Waals surface area contributed by atoms with Gasteiger partial charge in [-0.05, 0) is 71.9 Å². The number of carbonyl (C=O) groups is 1. The molecule has 37 heavy (non-hydrogen) atoms. The maximum absolute atomic E-state index is 13.6. The molecule has 5 heteroatoms. The number of nitriles is 1. The van der Waals surface area contributed by atoms with Crippen molar-refractivity contribution in [3.05, 3.63) is 83.2 Å². The number of piperidine rings is 1. The number of carbonyl (C=O) groups excluding carboxylic acids is 1. The largest absolute Gasteiger partial charge is 0.331 e. The van der Waals surface area contributed by atoms with E-state index in [1.807, 2.05) is 18.2 Å². The molecule has 2 aliphatic heterocycles. The zero-order chi connectivity index (χ0) is 25.4. The molecule has 0 N–H and O–H groups in total. The van der Waals surface area contributed by atoms with Gasteiger partial charge in [0.05, 0.1) is 17.5 Å². The van der Waals surface area contributed by atoms with Crippen LogP contribution < -0.4 is 0 Å². The summed E-state index contributed by atoms with van der Waals surface area (Å²) >= 11 is 0. The summed E-state index contributed by atoms with van der Waals surface area (Å²) in [5.74, 6) is 0.212. The molecule has 0 spiro atoms. The second kappa shape index (κ2) is 9.76. The van der Waals surface area contributed by atoms with Gasteiger partial charge < -0.3 is 4.90 Å². The summed E-state index contributed by atoms with van der Waals surface area (Å²) in [6.45, 7) is 7.00. The minimum absolute atomic E-state index is 0.212. The number of aromatic nitrogens is 1. The highest BCUT2D eigenvalue weighted by Crippen LogP contribution is 2.38. The van der Waals surface area contributed by atoms with Crippen molar-refractivity contribution >= 4 is 22.8 Å². The number of hydrogen-bond acceptors (Lipinski definition) is 4. The summed E-state index contributed by atoms with van der Waals surface area (Å²) in [4.78, 5) is 22.9. The maximum Gasteiger partial charge on any atom is 0.254 e. The molecule has 1 saturated carbocycles. The molecular formula is C32H34N4O. The molecule has 3 aromatic rings. The Morgan fingerprint density at radius 2 is 1.81 bits per heavy atom. The van der Waals surface area contributed by atoms with Crippen molar-refractivity contribution in [2.45, 2.75) is 69.5 Å². The summed E-state index contributed by atoms with van der Waals surface area (Å²) in [5, 5.41) is 12.6. The Morgan fingerprint density at radius 1 is 1.05 bits per heavy atom. The summed E-state index contributed by atoms with van der Waals surface area (Å²) < 4.78 is 0. The van der Waals surface area contributed by atoms with E-state index >= 15 is 0 Å². The van der Waals surface area contributed by atoms with E-state index in [4.69, 9.17) is 4.98 Å². The highest BCUT2D eigenvalue weighted by Gasteiger charge is 2.39. The number of fused-ring (bicyclic) bond motifs is 3. The lowest BCUT2D eigenvalue weighted by molar-refractivity contribution is 0.0660. The Bertz CT molecular complexity index is 1390. The standard InChI is InChI=1S/C32H34N4O/c1-2-24-9-8-14-30(34-24)32(22-33)15-17-35(18-16-32)20-23-19-28-29(27-13-7-6-12-26(23)27)21-36(31(28)37)25-10-4-3-5-11-25/h2,6-9,12-14,19,25H,1,3-5,10-11,15-18,20-21H2.